The monoisotopic (exact) mass is 454 g/mol. The molecule has 0 unspecified atom stereocenters. The third-order valence-electron chi connectivity index (χ3n) is 0.977. The van der Waals surface area contributed by atoms with Crippen LogP contribution in [-0.4, -0.2) is 1.93 Å². The van der Waals surface area contributed by atoms with Crippen LogP contribution in [0.15, 0.2) is 30.3 Å². The zero-order valence-corrected chi connectivity index (χ0v) is 12.3. The van der Waals surface area contributed by atoms with Crippen LogP contribution in [-0.2, 0) is 0 Å². The highest BCUT2D eigenvalue weighted by Crippen LogP contribution is 2.31. The Morgan fingerprint density at radius 3 is 2.18 bits per heavy atom. The molecule has 0 aliphatic rings. The molecule has 0 spiro atoms. The van der Waals surface area contributed by atoms with E-state index in [0.717, 1.165) is 5.75 Å². The second-order valence-electron chi connectivity index (χ2n) is 1.86. The minimum absolute atomic E-state index is 0.930. The standard InChI is InChI=1S/C6H5BrI2OSi/c7-11(8,9)10-6-4-2-1-3-5-6/h1-5H. The molecule has 1 rings (SSSR count). The van der Waals surface area contributed by atoms with Crippen molar-refractivity contribution in [3.8, 4) is 5.75 Å². The third-order valence-corrected chi connectivity index (χ3v) is 3.25. The molecule has 0 bridgehead atoms. The molecule has 0 radical (unpaired) electrons. The van der Waals surface area contributed by atoms with Crippen LogP contribution in [0, 0.1) is 0 Å². The van der Waals surface area contributed by atoms with Crippen molar-refractivity contribution < 1.29 is 4.43 Å². The van der Waals surface area contributed by atoms with Crippen LogP contribution in [0.3, 0.4) is 0 Å². The fourth-order valence-electron chi connectivity index (χ4n) is 0.622. The maximum Gasteiger partial charge on any atom is 0.455 e. The number of halogens is 3. The smallest absolute Gasteiger partial charge is 0.455 e. The van der Waals surface area contributed by atoms with Crippen LogP contribution in [0.2, 0.25) is 0 Å². The van der Waals surface area contributed by atoms with E-state index in [-0.39, 0.29) is 0 Å². The Labute approximate surface area is 100 Å². The molecule has 0 saturated carbocycles. The van der Waals surface area contributed by atoms with Gasteiger partial charge in [0.2, 0.25) is 0 Å². The average Bonchev–Trinajstić information content (AvgIpc) is 1.85. The first-order valence-electron chi connectivity index (χ1n) is 2.89. The second kappa shape index (κ2) is 4.42. The maximum atomic E-state index is 5.63. The normalized spacial score (nSPS) is 11.2. The summed E-state index contributed by atoms with van der Waals surface area (Å²) in [6, 6.07) is 9.83. The van der Waals surface area contributed by atoms with E-state index in [1.165, 1.54) is 0 Å². The molecule has 60 valence electrons. The molecule has 0 fully saturated rings. The van der Waals surface area contributed by atoms with Gasteiger partial charge in [-0.15, -0.1) is 0 Å². The van der Waals surface area contributed by atoms with Gasteiger partial charge in [0.05, 0.1) is 0 Å². The predicted octanol–water partition coefficient (Wildman–Crippen LogP) is 3.77. The molecule has 0 amide bonds. The molecule has 0 saturated heterocycles. The van der Waals surface area contributed by atoms with E-state index >= 15 is 0 Å². The molecular weight excluding hydrogens is 450 g/mol. The summed E-state index contributed by atoms with van der Waals surface area (Å²) in [4.78, 5) is 0. The Bertz CT molecular complexity index is 224. The summed E-state index contributed by atoms with van der Waals surface area (Å²) < 4.78 is 3.99. The molecule has 0 atom stereocenters. The van der Waals surface area contributed by atoms with Gasteiger partial charge < -0.3 is 4.43 Å². The molecule has 0 aliphatic carbocycles. The summed E-state index contributed by atoms with van der Waals surface area (Å²) in [7, 11) is 0. The first-order chi connectivity index (χ1) is 5.08. The van der Waals surface area contributed by atoms with E-state index in [9.17, 15) is 0 Å². The number of hydrogen-bond donors (Lipinski definition) is 0. The van der Waals surface area contributed by atoms with Gasteiger partial charge in [-0.2, -0.15) is 0 Å². The van der Waals surface area contributed by atoms with Crippen molar-refractivity contribution in [3.05, 3.63) is 30.3 Å². The van der Waals surface area contributed by atoms with Crippen molar-refractivity contribution in [3.63, 3.8) is 0 Å². The van der Waals surface area contributed by atoms with Crippen LogP contribution in [0.5, 0.6) is 5.75 Å². The van der Waals surface area contributed by atoms with Gasteiger partial charge in [-0.3, -0.25) is 0 Å². The van der Waals surface area contributed by atoms with Crippen molar-refractivity contribution in [2.24, 2.45) is 0 Å². The number of para-hydroxylation sites is 1. The summed E-state index contributed by atoms with van der Waals surface area (Å²) in [6.45, 7) is 0. The lowest BCUT2D eigenvalue weighted by Gasteiger charge is -2.12. The van der Waals surface area contributed by atoms with Crippen LogP contribution < -0.4 is 4.43 Å². The van der Waals surface area contributed by atoms with Crippen molar-refractivity contribution in [2.45, 2.75) is 0 Å². The summed E-state index contributed by atoms with van der Waals surface area (Å²) in [5, 5.41) is 0. The molecule has 0 aromatic heterocycles. The van der Waals surface area contributed by atoms with E-state index in [0.29, 0.717) is 0 Å². The topological polar surface area (TPSA) is 9.23 Å². The highest BCUT2D eigenvalue weighted by atomic mass is 127. The van der Waals surface area contributed by atoms with Gasteiger partial charge in [-0.25, -0.2) is 0 Å². The average molecular weight is 455 g/mol. The van der Waals surface area contributed by atoms with E-state index in [2.05, 4.69) is 58.9 Å². The molecule has 5 heteroatoms. The van der Waals surface area contributed by atoms with E-state index in [1.54, 1.807) is 0 Å². The zero-order chi connectivity index (χ0) is 8.32. The second-order valence-corrected chi connectivity index (χ2v) is 30.5. The molecule has 11 heavy (non-hydrogen) atoms. The summed E-state index contributed by atoms with van der Waals surface area (Å²) >= 11 is 8.11. The molecule has 0 heterocycles. The highest BCUT2D eigenvalue weighted by molar-refractivity contribution is 14.3. The Kier molecular flexibility index (Phi) is 4.13. The van der Waals surface area contributed by atoms with Gasteiger partial charge in [0.25, 0.3) is 0 Å². The summed E-state index contributed by atoms with van der Waals surface area (Å²) in [5.74, 6) is 0.930. The van der Waals surface area contributed by atoms with Gasteiger partial charge in [0, 0.05) is 0 Å². The van der Waals surface area contributed by atoms with Crippen LogP contribution in [0.25, 0.3) is 0 Å². The van der Waals surface area contributed by atoms with Crippen molar-refractivity contribution >= 4 is 60.8 Å². The Hall–Kier alpha value is 1.18. The van der Waals surface area contributed by atoms with Gasteiger partial charge >= 0.3 is 1.93 Å². The van der Waals surface area contributed by atoms with Crippen LogP contribution in [0.1, 0.15) is 0 Å². The lowest BCUT2D eigenvalue weighted by Crippen LogP contribution is -2.17. The minimum atomic E-state index is -1.65. The number of rotatable bonds is 2. The van der Waals surface area contributed by atoms with Crippen LogP contribution >= 0.6 is 58.9 Å². The molecule has 0 N–H and O–H groups in total. The maximum absolute atomic E-state index is 5.63. The molecule has 0 aliphatic heterocycles. The van der Waals surface area contributed by atoms with Crippen LogP contribution in [0.4, 0.5) is 0 Å². The SMILES string of the molecule is Br[Si](I)(I)Oc1ccccc1. The van der Waals surface area contributed by atoms with Gasteiger partial charge in [0.1, 0.15) is 5.75 Å². The number of benzene rings is 1. The van der Waals surface area contributed by atoms with Crippen molar-refractivity contribution in [2.75, 3.05) is 0 Å². The molecule has 1 nitrogen and oxygen atoms in total. The lowest BCUT2D eigenvalue weighted by molar-refractivity contribution is 0.607. The largest absolute Gasteiger partial charge is 0.518 e. The third kappa shape index (κ3) is 4.68. The molecule has 1 aromatic carbocycles. The highest BCUT2D eigenvalue weighted by Gasteiger charge is 2.25. The van der Waals surface area contributed by atoms with E-state index in [1.807, 2.05) is 30.3 Å². The Morgan fingerprint density at radius 2 is 1.73 bits per heavy atom. The first-order valence-corrected chi connectivity index (χ1v) is 13.3. The zero-order valence-electron chi connectivity index (χ0n) is 5.43. The summed E-state index contributed by atoms with van der Waals surface area (Å²) in [6.07, 6.45) is 0. The van der Waals surface area contributed by atoms with Gasteiger partial charge in [0.15, 0.2) is 0 Å². The van der Waals surface area contributed by atoms with E-state index in [4.69, 9.17) is 4.43 Å². The quantitative estimate of drug-likeness (QED) is 0.375. The fourth-order valence-corrected chi connectivity index (χ4v) is 3.11. The first kappa shape index (κ1) is 10.3. The van der Waals surface area contributed by atoms with Crippen molar-refractivity contribution in [1.29, 1.82) is 0 Å². The van der Waals surface area contributed by atoms with Gasteiger partial charge in [-0.05, 0) is 55.7 Å². The summed E-state index contributed by atoms with van der Waals surface area (Å²) in [5.41, 5.74) is 0. The fraction of sp³-hybridized carbons (Fsp3) is 0. The minimum Gasteiger partial charge on any atom is -0.518 e. The Balaban J connectivity index is 2.66. The van der Waals surface area contributed by atoms with E-state index < -0.39 is 1.93 Å². The van der Waals surface area contributed by atoms with Crippen molar-refractivity contribution in [1.82, 2.24) is 0 Å². The molecular formula is C6H5BrI2OSi. The lowest BCUT2D eigenvalue weighted by atomic mass is 10.3. The number of hydrogen-bond acceptors (Lipinski definition) is 1. The predicted molar refractivity (Wildman–Crippen MR) is 69.8 cm³/mol. The Morgan fingerprint density at radius 1 is 1.18 bits per heavy atom. The molecule has 1 aromatic rings. The van der Waals surface area contributed by atoms with Gasteiger partial charge in [-0.1, -0.05) is 33.5 Å².